The number of halogens is 3. The third kappa shape index (κ3) is 4.08. The third-order valence-electron chi connectivity index (χ3n) is 6.79. The second kappa shape index (κ2) is 9.04. The summed E-state index contributed by atoms with van der Waals surface area (Å²) in [5.74, 6) is -3.91. The number of hydrogen-bond acceptors (Lipinski definition) is 6. The minimum atomic E-state index is -0.953. The molecule has 11 heteroatoms. The summed E-state index contributed by atoms with van der Waals surface area (Å²) in [5, 5.41) is 2.19. The number of methoxy groups -OCH3 is 1. The van der Waals surface area contributed by atoms with E-state index in [2.05, 4.69) is 10.3 Å². The number of likely N-dealkylation sites (tertiary alicyclic amines) is 1. The molecule has 0 radical (unpaired) electrons. The zero-order valence-electron chi connectivity index (χ0n) is 18.9. The van der Waals surface area contributed by atoms with Crippen LogP contribution in [0.4, 0.5) is 13.2 Å². The number of nitrogens with one attached hydrogen (secondary N) is 1. The van der Waals surface area contributed by atoms with E-state index in [9.17, 15) is 18.8 Å². The first kappa shape index (κ1) is 23.4. The molecule has 184 valence electrons. The van der Waals surface area contributed by atoms with E-state index in [0.717, 1.165) is 6.20 Å². The number of carbonyl (C=O) groups excluding carboxylic acids is 3. The molecule has 1 unspecified atom stereocenters. The molecule has 5 rings (SSSR count). The number of pyridine rings is 1. The fraction of sp³-hybridized carbons (Fsp3) is 0.417. The lowest BCUT2D eigenvalue weighted by atomic mass is 9.98. The quantitative estimate of drug-likeness (QED) is 0.626. The van der Waals surface area contributed by atoms with Crippen LogP contribution in [0.3, 0.4) is 0 Å². The van der Waals surface area contributed by atoms with Crippen molar-refractivity contribution in [3.63, 3.8) is 0 Å². The van der Waals surface area contributed by atoms with Gasteiger partial charge in [-0.1, -0.05) is 0 Å². The number of imide groups is 1. The highest BCUT2D eigenvalue weighted by atomic mass is 19.1. The van der Waals surface area contributed by atoms with E-state index in [1.54, 1.807) is 7.11 Å². The van der Waals surface area contributed by atoms with Gasteiger partial charge in [-0.05, 0) is 18.6 Å². The molecule has 3 amide bonds. The number of hydrogen-bond donors (Lipinski definition) is 1. The molecule has 2 aromatic rings. The maximum Gasteiger partial charge on any atom is 0.255 e. The molecule has 0 aliphatic carbocycles. The summed E-state index contributed by atoms with van der Waals surface area (Å²) in [6, 6.07) is 1.70. The molecule has 2 fully saturated rings. The first-order chi connectivity index (χ1) is 16.8. The van der Waals surface area contributed by atoms with Crippen molar-refractivity contribution >= 4 is 17.7 Å². The highest BCUT2D eigenvalue weighted by Gasteiger charge is 2.41. The Morgan fingerprint density at radius 1 is 1.11 bits per heavy atom. The number of nitrogens with zero attached hydrogens (tertiary/aromatic N) is 3. The molecule has 1 aromatic carbocycles. The van der Waals surface area contributed by atoms with E-state index in [0.29, 0.717) is 25.6 Å². The summed E-state index contributed by atoms with van der Waals surface area (Å²) in [6.45, 7) is 1.65. The van der Waals surface area contributed by atoms with E-state index in [1.807, 2.05) is 4.90 Å². The summed E-state index contributed by atoms with van der Waals surface area (Å²) in [5.41, 5.74) is -0.672. The standard InChI is InChI=1S/C24H23F3N4O4/c1-35-11-12-7-30(8-12)9-16-17(25)6-28-22(21(16)27)14-3-2-13-15(20(14)26)10-31(24(13)34)18-4-5-19(32)29-23(18)33/h2-3,6,12,18H,4-5,7-11H2,1H3,(H,29,32,33). The van der Waals surface area contributed by atoms with Crippen LogP contribution in [0, 0.1) is 23.4 Å². The molecule has 0 spiro atoms. The predicted molar refractivity (Wildman–Crippen MR) is 116 cm³/mol. The summed E-state index contributed by atoms with van der Waals surface area (Å²) in [6.07, 6.45) is 1.08. The number of aromatic nitrogens is 1. The first-order valence-corrected chi connectivity index (χ1v) is 11.3. The van der Waals surface area contributed by atoms with Crippen LogP contribution in [0.1, 0.15) is 34.3 Å². The maximum absolute atomic E-state index is 15.6. The zero-order valence-corrected chi connectivity index (χ0v) is 18.9. The number of rotatable bonds is 6. The minimum absolute atomic E-state index is 0.00873. The summed E-state index contributed by atoms with van der Waals surface area (Å²) in [4.78, 5) is 43.4. The van der Waals surface area contributed by atoms with Crippen LogP contribution in [0.2, 0.25) is 0 Å². The van der Waals surface area contributed by atoms with Crippen molar-refractivity contribution in [1.82, 2.24) is 20.1 Å². The fourth-order valence-corrected chi connectivity index (χ4v) is 4.99. The predicted octanol–water partition coefficient (Wildman–Crippen LogP) is 2.01. The van der Waals surface area contributed by atoms with Crippen molar-refractivity contribution in [2.75, 3.05) is 26.8 Å². The van der Waals surface area contributed by atoms with E-state index >= 15 is 8.78 Å². The Hall–Kier alpha value is -3.31. The second-order valence-electron chi connectivity index (χ2n) is 9.12. The summed E-state index contributed by atoms with van der Waals surface area (Å²) >= 11 is 0. The molecule has 3 aliphatic heterocycles. The lowest BCUT2D eigenvalue weighted by Gasteiger charge is -2.39. The van der Waals surface area contributed by atoms with E-state index in [1.165, 1.54) is 17.0 Å². The molecule has 8 nitrogen and oxygen atoms in total. The SMILES string of the molecule is COCC1CN(Cc2c(F)cnc(-c3ccc4c(c3F)CN(C3CCC(=O)NC3=O)C4=O)c2F)C1. The molecule has 3 aliphatic rings. The zero-order chi connectivity index (χ0) is 24.9. The number of fused-ring (bicyclic) bond motifs is 1. The number of ether oxygens (including phenoxy) is 1. The molecule has 4 heterocycles. The maximum atomic E-state index is 15.6. The molecular weight excluding hydrogens is 465 g/mol. The topological polar surface area (TPSA) is 91.8 Å². The van der Waals surface area contributed by atoms with Gasteiger partial charge in [-0.25, -0.2) is 18.2 Å². The van der Waals surface area contributed by atoms with Gasteiger partial charge in [0.25, 0.3) is 5.91 Å². The van der Waals surface area contributed by atoms with Crippen LogP contribution < -0.4 is 5.32 Å². The van der Waals surface area contributed by atoms with Gasteiger partial charge in [0.15, 0.2) is 5.82 Å². The van der Waals surface area contributed by atoms with Crippen LogP contribution in [-0.2, 0) is 27.4 Å². The number of benzene rings is 1. The third-order valence-corrected chi connectivity index (χ3v) is 6.79. The molecular formula is C24H23F3N4O4. The van der Waals surface area contributed by atoms with Crippen LogP contribution in [0.15, 0.2) is 18.3 Å². The molecule has 35 heavy (non-hydrogen) atoms. The number of carbonyl (C=O) groups is 3. The van der Waals surface area contributed by atoms with Gasteiger partial charge in [-0.2, -0.15) is 0 Å². The average Bonchev–Trinajstić information content (AvgIpc) is 3.12. The summed E-state index contributed by atoms with van der Waals surface area (Å²) in [7, 11) is 1.60. The van der Waals surface area contributed by atoms with Crippen LogP contribution in [0.5, 0.6) is 0 Å². The largest absolute Gasteiger partial charge is 0.384 e. The Labute approximate surface area is 199 Å². The average molecular weight is 488 g/mol. The van der Waals surface area contributed by atoms with Crippen molar-refractivity contribution in [3.8, 4) is 11.3 Å². The van der Waals surface area contributed by atoms with Crippen LogP contribution >= 0.6 is 0 Å². The van der Waals surface area contributed by atoms with E-state index in [-0.39, 0.29) is 53.9 Å². The van der Waals surface area contributed by atoms with Gasteiger partial charge >= 0.3 is 0 Å². The lowest BCUT2D eigenvalue weighted by molar-refractivity contribution is -0.136. The molecule has 1 atom stereocenters. The van der Waals surface area contributed by atoms with Crippen molar-refractivity contribution in [2.24, 2.45) is 5.92 Å². The monoisotopic (exact) mass is 488 g/mol. The van der Waals surface area contributed by atoms with Gasteiger partial charge in [0.05, 0.1) is 19.3 Å². The van der Waals surface area contributed by atoms with Crippen LogP contribution in [0.25, 0.3) is 11.3 Å². The number of amides is 3. The first-order valence-electron chi connectivity index (χ1n) is 11.3. The van der Waals surface area contributed by atoms with Gasteiger partial charge < -0.3 is 9.64 Å². The lowest BCUT2D eigenvalue weighted by Crippen LogP contribution is -2.52. The van der Waals surface area contributed by atoms with Gasteiger partial charge in [-0.15, -0.1) is 0 Å². The molecule has 0 bridgehead atoms. The Kier molecular flexibility index (Phi) is 6.06. The van der Waals surface area contributed by atoms with Gasteiger partial charge in [0.2, 0.25) is 11.8 Å². The van der Waals surface area contributed by atoms with E-state index in [4.69, 9.17) is 4.74 Å². The highest BCUT2D eigenvalue weighted by Crippen LogP contribution is 2.35. The Balaban J connectivity index is 1.42. The fourth-order valence-electron chi connectivity index (χ4n) is 4.99. The van der Waals surface area contributed by atoms with Crippen molar-refractivity contribution in [1.29, 1.82) is 0 Å². The van der Waals surface area contributed by atoms with Gasteiger partial charge in [-0.3, -0.25) is 24.6 Å². The summed E-state index contributed by atoms with van der Waals surface area (Å²) < 4.78 is 50.5. The Morgan fingerprint density at radius 3 is 2.57 bits per heavy atom. The molecule has 1 aromatic heterocycles. The number of piperidine rings is 1. The smallest absolute Gasteiger partial charge is 0.255 e. The minimum Gasteiger partial charge on any atom is -0.384 e. The normalized spacial score (nSPS) is 20.7. The van der Waals surface area contributed by atoms with Gasteiger partial charge in [0, 0.05) is 61.3 Å². The molecule has 1 N–H and O–H groups in total. The van der Waals surface area contributed by atoms with Crippen LogP contribution in [-0.4, -0.2) is 65.4 Å². The molecule has 0 saturated carbocycles. The molecule has 2 saturated heterocycles. The van der Waals surface area contributed by atoms with E-state index < -0.39 is 41.2 Å². The van der Waals surface area contributed by atoms with Crippen molar-refractivity contribution in [3.05, 3.63) is 52.5 Å². The highest BCUT2D eigenvalue weighted by molar-refractivity contribution is 6.05. The van der Waals surface area contributed by atoms with Gasteiger partial charge in [0.1, 0.15) is 23.4 Å². The second-order valence-corrected chi connectivity index (χ2v) is 9.12. The Bertz CT molecular complexity index is 1230. The Morgan fingerprint density at radius 2 is 1.86 bits per heavy atom. The van der Waals surface area contributed by atoms with Crippen molar-refractivity contribution < 1.29 is 32.3 Å². The van der Waals surface area contributed by atoms with Crippen molar-refractivity contribution in [2.45, 2.75) is 32.0 Å².